The standard InChI is InChI=1S/C18H16ClFN2O2/c19-15-10-13(20)5-6-17(15)24-8-7-21-18(23)9-12-11-22-16-4-2-1-3-14(12)16/h1-6,10-11,22H,7-9H2,(H,21,23). The second-order valence-electron chi connectivity index (χ2n) is 5.31. The minimum absolute atomic E-state index is 0.0893. The summed E-state index contributed by atoms with van der Waals surface area (Å²) in [5.74, 6) is -0.114. The molecule has 0 bridgehead atoms. The number of fused-ring (bicyclic) bond motifs is 1. The number of ether oxygens (including phenoxy) is 1. The van der Waals surface area contributed by atoms with Gasteiger partial charge < -0.3 is 15.0 Å². The van der Waals surface area contributed by atoms with Crippen LogP contribution in [0.4, 0.5) is 4.39 Å². The topological polar surface area (TPSA) is 54.1 Å². The van der Waals surface area contributed by atoms with E-state index >= 15 is 0 Å². The van der Waals surface area contributed by atoms with Gasteiger partial charge in [-0.05, 0) is 29.8 Å². The van der Waals surface area contributed by atoms with Crippen molar-refractivity contribution >= 4 is 28.4 Å². The third kappa shape index (κ3) is 3.86. The molecule has 0 radical (unpaired) electrons. The lowest BCUT2D eigenvalue weighted by molar-refractivity contribution is -0.120. The molecule has 0 saturated carbocycles. The summed E-state index contributed by atoms with van der Waals surface area (Å²) in [6.07, 6.45) is 2.14. The summed E-state index contributed by atoms with van der Waals surface area (Å²) in [6, 6.07) is 11.8. The van der Waals surface area contributed by atoms with Crippen molar-refractivity contribution in [1.29, 1.82) is 0 Å². The summed E-state index contributed by atoms with van der Waals surface area (Å²) in [6.45, 7) is 0.597. The van der Waals surface area contributed by atoms with Gasteiger partial charge in [0.15, 0.2) is 0 Å². The van der Waals surface area contributed by atoms with Crippen molar-refractivity contribution in [1.82, 2.24) is 10.3 Å². The van der Waals surface area contributed by atoms with Gasteiger partial charge >= 0.3 is 0 Å². The first-order valence-electron chi connectivity index (χ1n) is 7.53. The van der Waals surface area contributed by atoms with Crippen LogP contribution in [-0.2, 0) is 11.2 Å². The van der Waals surface area contributed by atoms with Crippen LogP contribution in [-0.4, -0.2) is 24.0 Å². The third-order valence-corrected chi connectivity index (χ3v) is 3.90. The van der Waals surface area contributed by atoms with Gasteiger partial charge in [-0.3, -0.25) is 4.79 Å². The Kier molecular flexibility index (Phi) is 5.01. The third-order valence-electron chi connectivity index (χ3n) is 3.60. The van der Waals surface area contributed by atoms with Crippen LogP contribution in [0.15, 0.2) is 48.7 Å². The average molecular weight is 347 g/mol. The molecule has 0 aliphatic heterocycles. The molecule has 24 heavy (non-hydrogen) atoms. The van der Waals surface area contributed by atoms with Crippen LogP contribution in [0.3, 0.4) is 0 Å². The Balaban J connectivity index is 1.47. The van der Waals surface area contributed by atoms with Crippen LogP contribution in [0.2, 0.25) is 5.02 Å². The van der Waals surface area contributed by atoms with Gasteiger partial charge in [0.25, 0.3) is 0 Å². The molecule has 0 unspecified atom stereocenters. The molecule has 0 aliphatic carbocycles. The highest BCUT2D eigenvalue weighted by atomic mass is 35.5. The van der Waals surface area contributed by atoms with Crippen molar-refractivity contribution in [3.05, 3.63) is 65.1 Å². The number of para-hydroxylation sites is 1. The summed E-state index contributed by atoms with van der Waals surface area (Å²) in [5.41, 5.74) is 1.96. The largest absolute Gasteiger partial charge is 0.490 e. The number of halogens is 2. The molecule has 2 aromatic carbocycles. The Hall–Kier alpha value is -2.53. The van der Waals surface area contributed by atoms with E-state index in [1.165, 1.54) is 18.2 Å². The van der Waals surface area contributed by atoms with Crippen molar-refractivity contribution in [2.24, 2.45) is 0 Å². The van der Waals surface area contributed by atoms with Crippen molar-refractivity contribution in [3.8, 4) is 5.75 Å². The molecule has 1 heterocycles. The summed E-state index contributed by atoms with van der Waals surface area (Å²) >= 11 is 5.87. The maximum absolute atomic E-state index is 12.9. The number of carbonyl (C=O) groups is 1. The summed E-state index contributed by atoms with van der Waals surface area (Å²) in [7, 11) is 0. The van der Waals surface area contributed by atoms with E-state index in [1.807, 2.05) is 30.5 Å². The first-order chi connectivity index (χ1) is 11.6. The molecule has 4 nitrogen and oxygen atoms in total. The molecular formula is C18H16ClFN2O2. The van der Waals surface area contributed by atoms with Gasteiger partial charge in [-0.2, -0.15) is 0 Å². The zero-order chi connectivity index (χ0) is 16.9. The van der Waals surface area contributed by atoms with Gasteiger partial charge in [0.1, 0.15) is 18.2 Å². The molecule has 0 spiro atoms. The van der Waals surface area contributed by atoms with Gasteiger partial charge in [0, 0.05) is 17.1 Å². The highest BCUT2D eigenvalue weighted by Gasteiger charge is 2.08. The zero-order valence-electron chi connectivity index (χ0n) is 12.8. The molecule has 3 rings (SSSR count). The monoisotopic (exact) mass is 346 g/mol. The Labute approximate surface area is 143 Å². The van der Waals surface area contributed by atoms with Crippen LogP contribution in [0.5, 0.6) is 5.75 Å². The number of amides is 1. The smallest absolute Gasteiger partial charge is 0.224 e. The van der Waals surface area contributed by atoms with E-state index < -0.39 is 5.82 Å². The predicted molar refractivity (Wildman–Crippen MR) is 91.9 cm³/mol. The van der Waals surface area contributed by atoms with E-state index in [0.29, 0.717) is 18.7 Å². The molecule has 0 aliphatic rings. The molecule has 3 aromatic rings. The number of rotatable bonds is 6. The number of aromatic nitrogens is 1. The Morgan fingerprint density at radius 2 is 2.08 bits per heavy atom. The van der Waals surface area contributed by atoms with E-state index in [1.54, 1.807) is 0 Å². The van der Waals surface area contributed by atoms with Crippen LogP contribution in [0.25, 0.3) is 10.9 Å². The van der Waals surface area contributed by atoms with E-state index in [0.717, 1.165) is 16.5 Å². The molecular weight excluding hydrogens is 331 g/mol. The van der Waals surface area contributed by atoms with Crippen molar-refractivity contribution < 1.29 is 13.9 Å². The van der Waals surface area contributed by atoms with E-state index in [-0.39, 0.29) is 17.5 Å². The second kappa shape index (κ2) is 7.36. The van der Waals surface area contributed by atoms with Crippen LogP contribution in [0.1, 0.15) is 5.56 Å². The van der Waals surface area contributed by atoms with E-state index in [9.17, 15) is 9.18 Å². The van der Waals surface area contributed by atoms with Gasteiger partial charge in [0.05, 0.1) is 18.0 Å². The molecule has 124 valence electrons. The Morgan fingerprint density at radius 3 is 2.92 bits per heavy atom. The number of hydrogen-bond acceptors (Lipinski definition) is 2. The predicted octanol–water partition coefficient (Wildman–Crippen LogP) is 3.70. The lowest BCUT2D eigenvalue weighted by Crippen LogP contribution is -2.29. The second-order valence-corrected chi connectivity index (χ2v) is 5.72. The molecule has 0 atom stereocenters. The highest BCUT2D eigenvalue weighted by Crippen LogP contribution is 2.24. The van der Waals surface area contributed by atoms with Crippen molar-refractivity contribution in [2.45, 2.75) is 6.42 Å². The number of benzene rings is 2. The van der Waals surface area contributed by atoms with Gasteiger partial charge in [-0.15, -0.1) is 0 Å². The molecule has 0 fully saturated rings. The quantitative estimate of drug-likeness (QED) is 0.669. The van der Waals surface area contributed by atoms with E-state index in [4.69, 9.17) is 16.3 Å². The lowest BCUT2D eigenvalue weighted by Gasteiger charge is -2.09. The number of nitrogens with one attached hydrogen (secondary N) is 2. The minimum atomic E-state index is -0.417. The minimum Gasteiger partial charge on any atom is -0.490 e. The van der Waals surface area contributed by atoms with Crippen LogP contribution in [0, 0.1) is 5.82 Å². The fourth-order valence-electron chi connectivity index (χ4n) is 2.46. The Morgan fingerprint density at radius 1 is 1.25 bits per heavy atom. The molecule has 1 aromatic heterocycles. The summed E-state index contributed by atoms with van der Waals surface area (Å²) in [4.78, 5) is 15.2. The fourth-order valence-corrected chi connectivity index (χ4v) is 2.68. The van der Waals surface area contributed by atoms with Crippen LogP contribution < -0.4 is 10.1 Å². The normalized spacial score (nSPS) is 10.8. The highest BCUT2D eigenvalue weighted by molar-refractivity contribution is 6.32. The Bertz CT molecular complexity index is 863. The maximum Gasteiger partial charge on any atom is 0.224 e. The maximum atomic E-state index is 12.9. The molecule has 6 heteroatoms. The molecule has 0 saturated heterocycles. The zero-order valence-corrected chi connectivity index (χ0v) is 13.6. The number of hydrogen-bond donors (Lipinski definition) is 2. The van der Waals surface area contributed by atoms with Crippen molar-refractivity contribution in [2.75, 3.05) is 13.2 Å². The number of aromatic amines is 1. The number of H-pyrrole nitrogens is 1. The summed E-state index contributed by atoms with van der Waals surface area (Å²) < 4.78 is 18.4. The molecule has 1 amide bonds. The average Bonchev–Trinajstić information content (AvgIpc) is 2.96. The summed E-state index contributed by atoms with van der Waals surface area (Å²) in [5, 5.41) is 4.04. The van der Waals surface area contributed by atoms with E-state index in [2.05, 4.69) is 10.3 Å². The first kappa shape index (κ1) is 16.3. The first-order valence-corrected chi connectivity index (χ1v) is 7.91. The fraction of sp³-hybridized carbons (Fsp3) is 0.167. The van der Waals surface area contributed by atoms with Crippen molar-refractivity contribution in [3.63, 3.8) is 0 Å². The van der Waals surface area contributed by atoms with Crippen LogP contribution >= 0.6 is 11.6 Å². The lowest BCUT2D eigenvalue weighted by atomic mass is 10.1. The SMILES string of the molecule is O=C(Cc1c[nH]c2ccccc12)NCCOc1ccc(F)cc1Cl. The van der Waals surface area contributed by atoms with Gasteiger partial charge in [0.2, 0.25) is 5.91 Å². The number of carbonyl (C=O) groups excluding carboxylic acids is 1. The van der Waals surface area contributed by atoms with Gasteiger partial charge in [-0.25, -0.2) is 4.39 Å². The van der Waals surface area contributed by atoms with Gasteiger partial charge in [-0.1, -0.05) is 29.8 Å². The molecule has 2 N–H and O–H groups in total.